The third kappa shape index (κ3) is 2.98. The van der Waals surface area contributed by atoms with E-state index in [1.165, 1.54) is 5.56 Å². The third-order valence-electron chi connectivity index (χ3n) is 3.05. The molecule has 0 saturated heterocycles. The minimum Gasteiger partial charge on any atom is -0.334 e. The smallest absolute Gasteiger partial charge is 0.258 e. The lowest BCUT2D eigenvalue weighted by molar-refractivity contribution is 0.420. The number of aromatic nitrogens is 2. The molecule has 0 aliphatic heterocycles. The fourth-order valence-corrected chi connectivity index (χ4v) is 2.07. The SMILES string of the molecule is CCC(Cl)c1noc(-c2ccccc2C(C)(C)C)n1. The van der Waals surface area contributed by atoms with Crippen LogP contribution in [0.4, 0.5) is 0 Å². The van der Waals surface area contributed by atoms with E-state index in [-0.39, 0.29) is 10.8 Å². The second-order valence-corrected chi connectivity index (χ2v) is 6.16. The van der Waals surface area contributed by atoms with Crippen LogP contribution in [-0.4, -0.2) is 10.1 Å². The molecule has 0 saturated carbocycles. The minimum atomic E-state index is -0.195. The Morgan fingerprint density at radius 3 is 2.58 bits per heavy atom. The largest absolute Gasteiger partial charge is 0.334 e. The van der Waals surface area contributed by atoms with Gasteiger partial charge in [-0.25, -0.2) is 0 Å². The Morgan fingerprint density at radius 2 is 1.95 bits per heavy atom. The van der Waals surface area contributed by atoms with Crippen LogP contribution in [-0.2, 0) is 5.41 Å². The van der Waals surface area contributed by atoms with Crippen LogP contribution in [0.3, 0.4) is 0 Å². The van der Waals surface area contributed by atoms with Gasteiger partial charge in [0.05, 0.1) is 5.38 Å². The molecule has 1 aromatic carbocycles. The number of hydrogen-bond acceptors (Lipinski definition) is 3. The van der Waals surface area contributed by atoms with E-state index in [1.807, 2.05) is 25.1 Å². The summed E-state index contributed by atoms with van der Waals surface area (Å²) in [4.78, 5) is 4.42. The maximum atomic E-state index is 6.14. The summed E-state index contributed by atoms with van der Waals surface area (Å²) in [5, 5.41) is 3.77. The number of hydrogen-bond donors (Lipinski definition) is 0. The van der Waals surface area contributed by atoms with Gasteiger partial charge in [-0.1, -0.05) is 51.1 Å². The van der Waals surface area contributed by atoms with Crippen molar-refractivity contribution in [3.05, 3.63) is 35.7 Å². The van der Waals surface area contributed by atoms with Crippen LogP contribution in [0.2, 0.25) is 0 Å². The van der Waals surface area contributed by atoms with Crippen molar-refractivity contribution in [1.29, 1.82) is 0 Å². The van der Waals surface area contributed by atoms with Crippen LogP contribution >= 0.6 is 11.6 Å². The van der Waals surface area contributed by atoms with Gasteiger partial charge in [0.25, 0.3) is 5.89 Å². The molecule has 19 heavy (non-hydrogen) atoms. The number of nitrogens with zero attached hydrogens (tertiary/aromatic N) is 2. The number of rotatable bonds is 3. The first-order valence-electron chi connectivity index (χ1n) is 6.51. The molecule has 3 nitrogen and oxygen atoms in total. The number of alkyl halides is 1. The third-order valence-corrected chi connectivity index (χ3v) is 3.55. The lowest BCUT2D eigenvalue weighted by Crippen LogP contribution is -2.12. The van der Waals surface area contributed by atoms with Gasteiger partial charge in [-0.2, -0.15) is 4.98 Å². The summed E-state index contributed by atoms with van der Waals surface area (Å²) in [5.41, 5.74) is 2.19. The van der Waals surface area contributed by atoms with Crippen molar-refractivity contribution in [2.45, 2.75) is 44.9 Å². The predicted molar refractivity (Wildman–Crippen MR) is 77.3 cm³/mol. The first kappa shape index (κ1) is 14.1. The van der Waals surface area contributed by atoms with Crippen molar-refractivity contribution in [2.24, 2.45) is 0 Å². The van der Waals surface area contributed by atoms with Crippen LogP contribution in [0.5, 0.6) is 0 Å². The molecule has 2 rings (SSSR count). The Bertz CT molecular complexity index is 557. The van der Waals surface area contributed by atoms with E-state index in [1.54, 1.807) is 0 Å². The van der Waals surface area contributed by atoms with Gasteiger partial charge in [-0.15, -0.1) is 11.6 Å². The summed E-state index contributed by atoms with van der Waals surface area (Å²) in [5.74, 6) is 1.10. The maximum absolute atomic E-state index is 6.14. The molecule has 0 amide bonds. The highest BCUT2D eigenvalue weighted by Gasteiger charge is 2.22. The molecule has 1 aromatic heterocycles. The second kappa shape index (κ2) is 5.33. The Hall–Kier alpha value is -1.35. The van der Waals surface area contributed by atoms with E-state index in [0.717, 1.165) is 12.0 Å². The van der Waals surface area contributed by atoms with Gasteiger partial charge >= 0.3 is 0 Å². The second-order valence-electron chi connectivity index (χ2n) is 5.63. The van der Waals surface area contributed by atoms with Crippen LogP contribution in [0, 0.1) is 0 Å². The molecule has 0 radical (unpaired) electrons. The lowest BCUT2D eigenvalue weighted by Gasteiger charge is -2.21. The molecule has 4 heteroatoms. The van der Waals surface area contributed by atoms with Crippen molar-refractivity contribution >= 4 is 11.6 Å². The first-order valence-corrected chi connectivity index (χ1v) is 6.94. The Kier molecular flexibility index (Phi) is 3.95. The highest BCUT2D eigenvalue weighted by Crippen LogP contribution is 2.33. The monoisotopic (exact) mass is 278 g/mol. The highest BCUT2D eigenvalue weighted by atomic mass is 35.5. The molecule has 0 fully saturated rings. The van der Waals surface area contributed by atoms with Crippen LogP contribution < -0.4 is 0 Å². The van der Waals surface area contributed by atoms with Gasteiger partial charge in [0.1, 0.15) is 0 Å². The predicted octanol–water partition coefficient (Wildman–Crippen LogP) is 4.72. The van der Waals surface area contributed by atoms with E-state index in [0.29, 0.717) is 11.7 Å². The van der Waals surface area contributed by atoms with Crippen molar-refractivity contribution in [3.63, 3.8) is 0 Å². The van der Waals surface area contributed by atoms with Crippen molar-refractivity contribution in [3.8, 4) is 11.5 Å². The molecule has 102 valence electrons. The molecule has 0 aliphatic rings. The quantitative estimate of drug-likeness (QED) is 0.762. The standard InChI is InChI=1S/C15H19ClN2O/c1-5-12(16)13-17-14(19-18-13)10-8-6-7-9-11(10)15(2,3)4/h6-9,12H,5H2,1-4H3. The molecule has 0 bridgehead atoms. The van der Waals surface area contributed by atoms with Crippen LogP contribution in [0.25, 0.3) is 11.5 Å². The summed E-state index contributed by atoms with van der Waals surface area (Å²) >= 11 is 6.14. The molecule has 1 heterocycles. The fourth-order valence-electron chi connectivity index (χ4n) is 1.98. The first-order chi connectivity index (χ1) is 8.93. The molecule has 0 N–H and O–H groups in total. The zero-order chi connectivity index (χ0) is 14.0. The molecular formula is C15H19ClN2O. The van der Waals surface area contributed by atoms with Crippen LogP contribution in [0.1, 0.15) is 50.9 Å². The molecule has 1 unspecified atom stereocenters. The summed E-state index contributed by atoms with van der Waals surface area (Å²) < 4.78 is 5.36. The minimum absolute atomic E-state index is 0.0242. The molecule has 1 atom stereocenters. The zero-order valence-electron chi connectivity index (χ0n) is 11.8. The Balaban J connectivity index is 2.45. The maximum Gasteiger partial charge on any atom is 0.258 e. The summed E-state index contributed by atoms with van der Waals surface area (Å²) in [7, 11) is 0. The lowest BCUT2D eigenvalue weighted by atomic mass is 9.84. The van der Waals surface area contributed by atoms with E-state index in [2.05, 4.69) is 37.0 Å². The van der Waals surface area contributed by atoms with Crippen molar-refractivity contribution in [1.82, 2.24) is 10.1 Å². The van der Waals surface area contributed by atoms with Gasteiger partial charge < -0.3 is 4.52 Å². The highest BCUT2D eigenvalue weighted by molar-refractivity contribution is 6.20. The molecule has 2 aromatic rings. The van der Waals surface area contributed by atoms with Gasteiger partial charge in [0.15, 0.2) is 5.82 Å². The van der Waals surface area contributed by atoms with E-state index in [9.17, 15) is 0 Å². The van der Waals surface area contributed by atoms with E-state index >= 15 is 0 Å². The zero-order valence-corrected chi connectivity index (χ0v) is 12.5. The van der Waals surface area contributed by atoms with E-state index in [4.69, 9.17) is 16.1 Å². The topological polar surface area (TPSA) is 38.9 Å². The average Bonchev–Trinajstić information content (AvgIpc) is 2.86. The molecule has 0 spiro atoms. The van der Waals surface area contributed by atoms with Crippen molar-refractivity contribution < 1.29 is 4.52 Å². The summed E-state index contributed by atoms with van der Waals surface area (Å²) in [6.07, 6.45) is 0.779. The fraction of sp³-hybridized carbons (Fsp3) is 0.467. The Labute approximate surface area is 119 Å². The van der Waals surface area contributed by atoms with Gasteiger partial charge in [0, 0.05) is 5.56 Å². The Morgan fingerprint density at radius 1 is 1.26 bits per heavy atom. The van der Waals surface area contributed by atoms with Gasteiger partial charge in [0.2, 0.25) is 0 Å². The normalized spacial score (nSPS) is 13.5. The number of benzene rings is 1. The summed E-state index contributed by atoms with van der Waals surface area (Å²) in [6.45, 7) is 8.50. The number of halogens is 1. The van der Waals surface area contributed by atoms with Gasteiger partial charge in [-0.05, 0) is 23.5 Å². The van der Waals surface area contributed by atoms with Gasteiger partial charge in [-0.3, -0.25) is 0 Å². The molecule has 0 aliphatic carbocycles. The van der Waals surface area contributed by atoms with Crippen LogP contribution in [0.15, 0.2) is 28.8 Å². The van der Waals surface area contributed by atoms with Crippen molar-refractivity contribution in [2.75, 3.05) is 0 Å². The average molecular weight is 279 g/mol. The van der Waals surface area contributed by atoms with E-state index < -0.39 is 0 Å². The summed E-state index contributed by atoms with van der Waals surface area (Å²) in [6, 6.07) is 8.11. The molecular weight excluding hydrogens is 260 g/mol.